The largest absolute Gasteiger partial charge is 0.573 e. The van der Waals surface area contributed by atoms with Gasteiger partial charge >= 0.3 is 6.36 Å². The highest BCUT2D eigenvalue weighted by atomic mass is 79.9. The smallest absolute Gasteiger partial charge is 0.404 e. The van der Waals surface area contributed by atoms with E-state index in [0.29, 0.717) is 34.3 Å². The Bertz CT molecular complexity index is 1120. The fraction of sp³-hybridized carbons (Fsp3) is 0.176. The first-order chi connectivity index (χ1) is 13.7. The first kappa shape index (κ1) is 19.2. The zero-order chi connectivity index (χ0) is 20.8. The summed E-state index contributed by atoms with van der Waals surface area (Å²) in [5, 5.41) is 9.47. The average molecular weight is 469 g/mol. The van der Waals surface area contributed by atoms with Gasteiger partial charge in [0.15, 0.2) is 5.75 Å². The molecule has 2 aromatic heterocycles. The topological polar surface area (TPSA) is 119 Å². The summed E-state index contributed by atoms with van der Waals surface area (Å²) in [5.41, 5.74) is 7.97. The van der Waals surface area contributed by atoms with Crippen molar-refractivity contribution in [3.05, 3.63) is 45.7 Å². The molecular formula is C17H12BrF3N6O2. The normalized spacial score (nSPS) is 12.8. The number of aromatic nitrogens is 4. The molecule has 0 bridgehead atoms. The molecule has 0 unspecified atom stereocenters. The van der Waals surface area contributed by atoms with Crippen LogP contribution >= 0.6 is 15.9 Å². The van der Waals surface area contributed by atoms with Crippen molar-refractivity contribution in [2.24, 2.45) is 5.73 Å². The molecule has 0 spiro atoms. The van der Waals surface area contributed by atoms with Gasteiger partial charge in [0.05, 0.1) is 11.4 Å². The van der Waals surface area contributed by atoms with E-state index in [2.05, 4.69) is 46.1 Å². The third-order valence-electron chi connectivity index (χ3n) is 4.26. The molecule has 1 aromatic carbocycles. The van der Waals surface area contributed by atoms with Gasteiger partial charge < -0.3 is 15.8 Å². The van der Waals surface area contributed by atoms with Crippen molar-refractivity contribution in [1.29, 1.82) is 0 Å². The number of halogens is 4. The van der Waals surface area contributed by atoms with E-state index in [1.807, 2.05) is 0 Å². The summed E-state index contributed by atoms with van der Waals surface area (Å²) in [7, 11) is 0. The van der Waals surface area contributed by atoms with Crippen LogP contribution in [0.15, 0.2) is 28.9 Å². The van der Waals surface area contributed by atoms with Crippen LogP contribution < -0.4 is 15.8 Å². The molecule has 0 fully saturated rings. The van der Waals surface area contributed by atoms with E-state index < -0.39 is 18.0 Å². The predicted molar refractivity (Wildman–Crippen MR) is 99.6 cm³/mol. The van der Waals surface area contributed by atoms with Crippen molar-refractivity contribution < 1.29 is 22.7 Å². The number of carbonyl (C=O) groups excluding carboxylic acids is 1. The van der Waals surface area contributed by atoms with Gasteiger partial charge in [0.1, 0.15) is 11.4 Å². The number of aromatic amines is 1. The monoisotopic (exact) mass is 468 g/mol. The number of nitrogens with two attached hydrogens (primary N) is 1. The van der Waals surface area contributed by atoms with E-state index >= 15 is 0 Å². The first-order valence-electron chi connectivity index (χ1n) is 8.27. The van der Waals surface area contributed by atoms with Crippen molar-refractivity contribution in [3.63, 3.8) is 0 Å². The first-order valence-corrected chi connectivity index (χ1v) is 9.06. The predicted octanol–water partition coefficient (Wildman–Crippen LogP) is 3.47. The lowest BCUT2D eigenvalue weighted by molar-refractivity contribution is -0.274. The number of aryl methyl sites for hydroxylation is 1. The molecule has 150 valence electrons. The number of benzene rings is 1. The van der Waals surface area contributed by atoms with Gasteiger partial charge in [0.2, 0.25) is 5.95 Å². The lowest BCUT2D eigenvalue weighted by Crippen LogP contribution is -2.18. The van der Waals surface area contributed by atoms with E-state index in [-0.39, 0.29) is 17.3 Å². The van der Waals surface area contributed by atoms with E-state index in [4.69, 9.17) is 5.73 Å². The molecule has 0 saturated carbocycles. The number of H-pyrrole nitrogens is 1. The van der Waals surface area contributed by atoms with Gasteiger partial charge in [-0.2, -0.15) is 5.10 Å². The summed E-state index contributed by atoms with van der Waals surface area (Å²) in [6.07, 6.45) is -2.17. The van der Waals surface area contributed by atoms with Crippen molar-refractivity contribution in [2.45, 2.75) is 19.2 Å². The molecule has 1 amide bonds. The molecular weight excluding hydrogens is 457 g/mol. The van der Waals surface area contributed by atoms with Crippen LogP contribution in [-0.2, 0) is 12.8 Å². The maximum atomic E-state index is 12.7. The molecule has 0 radical (unpaired) electrons. The molecule has 29 heavy (non-hydrogen) atoms. The third-order valence-corrected chi connectivity index (χ3v) is 4.75. The highest BCUT2D eigenvalue weighted by Crippen LogP contribution is 2.36. The number of ether oxygens (including phenoxy) is 1. The Morgan fingerprint density at radius 2 is 2.07 bits per heavy atom. The number of nitrogens with zero attached hydrogens (tertiary/aromatic N) is 3. The second-order valence-electron chi connectivity index (χ2n) is 6.17. The molecule has 1 aliphatic rings. The van der Waals surface area contributed by atoms with Gasteiger partial charge in [-0.25, -0.2) is 9.97 Å². The van der Waals surface area contributed by atoms with E-state index in [0.717, 1.165) is 5.56 Å². The quantitative estimate of drug-likeness (QED) is 0.539. The number of primary amides is 1. The molecule has 0 atom stereocenters. The number of amides is 1. The maximum absolute atomic E-state index is 12.7. The highest BCUT2D eigenvalue weighted by Gasteiger charge is 2.32. The molecule has 8 nitrogen and oxygen atoms in total. The third kappa shape index (κ3) is 3.88. The number of hydrogen-bond donors (Lipinski definition) is 3. The molecule has 3 aromatic rings. The lowest BCUT2D eigenvalue weighted by atomic mass is 9.93. The van der Waals surface area contributed by atoms with E-state index in [9.17, 15) is 18.0 Å². The van der Waals surface area contributed by atoms with Crippen LogP contribution in [0, 0.1) is 0 Å². The standard InChI is InChI=1S/C17H12BrF3N6O2/c18-8-2-4-11(29-17(19,20)21)10(5-8)24-16-23-6-7-1-3-9-13(12(7)25-16)26-27-14(9)15(22)28/h2,4-6H,1,3H2,(H2,22,28)(H,26,27)(H,23,24,25). The van der Waals surface area contributed by atoms with Gasteiger partial charge in [-0.05, 0) is 36.6 Å². The van der Waals surface area contributed by atoms with Crippen molar-refractivity contribution >= 4 is 33.5 Å². The SMILES string of the molecule is NC(=O)c1[nH]nc2c1CCc1cnc(Nc3cc(Br)ccc3OC(F)(F)F)nc1-2. The molecule has 4 rings (SSSR count). The number of carbonyl (C=O) groups is 1. The fourth-order valence-electron chi connectivity index (χ4n) is 3.06. The van der Waals surface area contributed by atoms with Gasteiger partial charge in [0, 0.05) is 16.2 Å². The Morgan fingerprint density at radius 1 is 1.28 bits per heavy atom. The molecule has 12 heteroatoms. The Hall–Kier alpha value is -3.15. The number of fused-ring (bicyclic) bond motifs is 3. The number of hydrogen-bond acceptors (Lipinski definition) is 6. The van der Waals surface area contributed by atoms with Crippen molar-refractivity contribution in [1.82, 2.24) is 20.2 Å². The Morgan fingerprint density at radius 3 is 2.79 bits per heavy atom. The van der Waals surface area contributed by atoms with Crippen molar-refractivity contribution in [2.75, 3.05) is 5.32 Å². The van der Waals surface area contributed by atoms with Gasteiger partial charge in [-0.3, -0.25) is 9.89 Å². The van der Waals surface area contributed by atoms with Crippen LogP contribution in [0.5, 0.6) is 5.75 Å². The summed E-state index contributed by atoms with van der Waals surface area (Å²) in [4.78, 5) is 20.1. The minimum Gasteiger partial charge on any atom is -0.404 e. The lowest BCUT2D eigenvalue weighted by Gasteiger charge is -2.17. The second-order valence-corrected chi connectivity index (χ2v) is 7.09. The summed E-state index contributed by atoms with van der Waals surface area (Å²) < 4.78 is 42.6. The zero-order valence-corrected chi connectivity index (χ0v) is 16.1. The van der Waals surface area contributed by atoms with Crippen LogP contribution in [0.4, 0.5) is 24.8 Å². The van der Waals surface area contributed by atoms with Gasteiger partial charge in [-0.15, -0.1) is 13.2 Å². The van der Waals surface area contributed by atoms with Crippen LogP contribution in [0.1, 0.15) is 21.6 Å². The van der Waals surface area contributed by atoms with E-state index in [1.54, 1.807) is 6.20 Å². The maximum Gasteiger partial charge on any atom is 0.573 e. The van der Waals surface area contributed by atoms with Crippen LogP contribution in [0.3, 0.4) is 0 Å². The number of anilines is 2. The molecule has 0 aliphatic heterocycles. The summed E-state index contributed by atoms with van der Waals surface area (Å²) in [5.74, 6) is -1.01. The van der Waals surface area contributed by atoms with Crippen LogP contribution in [0.2, 0.25) is 0 Å². The average Bonchev–Trinajstić information content (AvgIpc) is 3.08. The minimum atomic E-state index is -4.85. The number of alkyl halides is 3. The van der Waals surface area contributed by atoms with Gasteiger partial charge in [-0.1, -0.05) is 15.9 Å². The Balaban J connectivity index is 1.71. The highest BCUT2D eigenvalue weighted by molar-refractivity contribution is 9.10. The number of rotatable bonds is 4. The Kier molecular flexibility index (Phi) is 4.65. The summed E-state index contributed by atoms with van der Waals surface area (Å²) in [6.45, 7) is 0. The summed E-state index contributed by atoms with van der Waals surface area (Å²) >= 11 is 3.21. The van der Waals surface area contributed by atoms with Gasteiger partial charge in [0.25, 0.3) is 5.91 Å². The molecule has 0 saturated heterocycles. The number of nitrogens with one attached hydrogen (secondary N) is 2. The van der Waals surface area contributed by atoms with Crippen LogP contribution in [-0.4, -0.2) is 32.4 Å². The van der Waals surface area contributed by atoms with E-state index in [1.165, 1.54) is 18.2 Å². The second kappa shape index (κ2) is 7.03. The minimum absolute atomic E-state index is 0.0209. The van der Waals surface area contributed by atoms with Crippen molar-refractivity contribution in [3.8, 4) is 17.1 Å². The summed E-state index contributed by atoms with van der Waals surface area (Å²) in [6, 6.07) is 4.00. The molecule has 4 N–H and O–H groups in total. The Labute approximate surface area is 169 Å². The fourth-order valence-corrected chi connectivity index (χ4v) is 3.42. The molecule has 1 aliphatic carbocycles. The zero-order valence-electron chi connectivity index (χ0n) is 14.5. The van der Waals surface area contributed by atoms with Crippen LogP contribution in [0.25, 0.3) is 11.4 Å². The molecule has 2 heterocycles.